The van der Waals surface area contributed by atoms with E-state index in [0.717, 1.165) is 45.4 Å². The van der Waals surface area contributed by atoms with E-state index >= 15 is 0 Å². The van der Waals surface area contributed by atoms with Crippen LogP contribution in [0.4, 0.5) is 4.79 Å². The summed E-state index contributed by atoms with van der Waals surface area (Å²) in [4.78, 5) is 13.9. The summed E-state index contributed by atoms with van der Waals surface area (Å²) in [6.45, 7) is 10.3. The van der Waals surface area contributed by atoms with E-state index in [4.69, 9.17) is 9.47 Å². The lowest BCUT2D eigenvalue weighted by molar-refractivity contribution is 0.0287. The molecular formula is C16H30N2O3. The molecule has 0 radical (unpaired) electrons. The first-order valence-corrected chi connectivity index (χ1v) is 8.24. The van der Waals surface area contributed by atoms with Crippen LogP contribution in [0.25, 0.3) is 0 Å². The van der Waals surface area contributed by atoms with E-state index in [2.05, 4.69) is 12.2 Å². The van der Waals surface area contributed by atoms with Crippen LogP contribution in [0.5, 0.6) is 0 Å². The molecule has 122 valence electrons. The van der Waals surface area contributed by atoms with Gasteiger partial charge in [-0.3, -0.25) is 0 Å². The molecule has 2 fully saturated rings. The number of hydrogen-bond donors (Lipinski definition) is 1. The molecule has 2 heterocycles. The Labute approximate surface area is 128 Å². The summed E-state index contributed by atoms with van der Waals surface area (Å²) in [5, 5.41) is 3.68. The van der Waals surface area contributed by atoms with Gasteiger partial charge in [-0.25, -0.2) is 4.79 Å². The summed E-state index contributed by atoms with van der Waals surface area (Å²) < 4.78 is 11.2. The fourth-order valence-corrected chi connectivity index (χ4v) is 3.10. The van der Waals surface area contributed by atoms with Crippen molar-refractivity contribution < 1.29 is 14.3 Å². The zero-order chi connectivity index (χ0) is 15.5. The number of amides is 1. The van der Waals surface area contributed by atoms with Crippen LogP contribution in [0.1, 0.15) is 53.4 Å². The van der Waals surface area contributed by atoms with Gasteiger partial charge in [0.1, 0.15) is 5.60 Å². The molecule has 21 heavy (non-hydrogen) atoms. The van der Waals surface area contributed by atoms with Crippen molar-refractivity contribution in [2.45, 2.75) is 77.2 Å². The van der Waals surface area contributed by atoms with Crippen LogP contribution in [-0.2, 0) is 9.47 Å². The predicted octanol–water partition coefficient (Wildman–Crippen LogP) is 2.54. The Hall–Kier alpha value is -0.810. The van der Waals surface area contributed by atoms with Gasteiger partial charge >= 0.3 is 6.09 Å². The van der Waals surface area contributed by atoms with Crippen LogP contribution in [-0.4, -0.2) is 54.5 Å². The van der Waals surface area contributed by atoms with Gasteiger partial charge in [-0.1, -0.05) is 6.92 Å². The number of likely N-dealkylation sites (tertiary alicyclic amines) is 1. The van der Waals surface area contributed by atoms with Crippen LogP contribution in [0.15, 0.2) is 0 Å². The van der Waals surface area contributed by atoms with Gasteiger partial charge in [-0.05, 0) is 46.5 Å². The van der Waals surface area contributed by atoms with Crippen LogP contribution < -0.4 is 5.32 Å². The second-order valence-corrected chi connectivity index (χ2v) is 7.14. The molecule has 1 N–H and O–H groups in total. The molecule has 3 atom stereocenters. The Bertz CT molecular complexity index is 348. The van der Waals surface area contributed by atoms with Crippen LogP contribution in [0.2, 0.25) is 0 Å². The van der Waals surface area contributed by atoms with Crippen molar-refractivity contribution in [2.24, 2.45) is 0 Å². The minimum atomic E-state index is -0.424. The zero-order valence-corrected chi connectivity index (χ0v) is 13.9. The Kier molecular flexibility index (Phi) is 5.49. The standard InChI is InChI=1S/C16H30N2O3/c1-5-13(14-7-6-10-20-14)17-12-8-9-18(11-12)15(19)21-16(2,3)4/h12-14,17H,5-11H2,1-4H3/t12-,13-,14+/m0/s1. The third-order valence-electron chi connectivity index (χ3n) is 4.14. The van der Waals surface area contributed by atoms with Crippen molar-refractivity contribution in [3.63, 3.8) is 0 Å². The fraction of sp³-hybridized carbons (Fsp3) is 0.938. The molecule has 0 bridgehead atoms. The number of hydrogen-bond acceptors (Lipinski definition) is 4. The number of carbonyl (C=O) groups is 1. The summed E-state index contributed by atoms with van der Waals surface area (Å²) in [7, 11) is 0. The van der Waals surface area contributed by atoms with Crippen LogP contribution in [0.3, 0.4) is 0 Å². The number of ether oxygens (including phenoxy) is 2. The molecule has 5 heteroatoms. The molecule has 0 spiro atoms. The molecule has 1 amide bonds. The fourth-order valence-electron chi connectivity index (χ4n) is 3.10. The quantitative estimate of drug-likeness (QED) is 0.866. The number of carbonyl (C=O) groups excluding carboxylic acids is 1. The Morgan fingerprint density at radius 1 is 1.43 bits per heavy atom. The molecule has 2 aliphatic rings. The summed E-state index contributed by atoms with van der Waals surface area (Å²) in [5.74, 6) is 0. The minimum absolute atomic E-state index is 0.197. The summed E-state index contributed by atoms with van der Waals surface area (Å²) in [6, 6.07) is 0.753. The lowest BCUT2D eigenvalue weighted by atomic mass is 10.0. The third-order valence-corrected chi connectivity index (χ3v) is 4.14. The Morgan fingerprint density at radius 2 is 2.19 bits per heavy atom. The molecule has 0 aromatic heterocycles. The molecule has 2 aliphatic heterocycles. The van der Waals surface area contributed by atoms with Gasteiger partial charge in [0.05, 0.1) is 6.10 Å². The molecular weight excluding hydrogens is 268 g/mol. The maximum Gasteiger partial charge on any atom is 0.410 e. The van der Waals surface area contributed by atoms with Crippen molar-refractivity contribution in [2.75, 3.05) is 19.7 Å². The smallest absolute Gasteiger partial charge is 0.410 e. The van der Waals surface area contributed by atoms with Crippen molar-refractivity contribution in [3.8, 4) is 0 Å². The number of nitrogens with one attached hydrogen (secondary N) is 1. The molecule has 0 aromatic rings. The van der Waals surface area contributed by atoms with E-state index in [9.17, 15) is 4.79 Å². The maximum atomic E-state index is 12.1. The highest BCUT2D eigenvalue weighted by atomic mass is 16.6. The van der Waals surface area contributed by atoms with E-state index in [0.29, 0.717) is 18.2 Å². The highest BCUT2D eigenvalue weighted by Crippen LogP contribution is 2.20. The third kappa shape index (κ3) is 4.85. The van der Waals surface area contributed by atoms with Gasteiger partial charge in [-0.15, -0.1) is 0 Å². The first-order chi connectivity index (χ1) is 9.89. The monoisotopic (exact) mass is 298 g/mol. The average molecular weight is 298 g/mol. The van der Waals surface area contributed by atoms with E-state index in [1.165, 1.54) is 0 Å². The van der Waals surface area contributed by atoms with E-state index in [1.54, 1.807) is 0 Å². The highest BCUT2D eigenvalue weighted by Gasteiger charge is 2.33. The molecule has 0 aromatic carbocycles. The Balaban J connectivity index is 1.80. The van der Waals surface area contributed by atoms with Crippen molar-refractivity contribution in [3.05, 3.63) is 0 Å². The molecule has 0 unspecified atom stereocenters. The van der Waals surface area contributed by atoms with Crippen LogP contribution >= 0.6 is 0 Å². The topological polar surface area (TPSA) is 50.8 Å². The SMILES string of the molecule is CC[C@H](N[C@H]1CCN(C(=O)OC(C)(C)C)C1)[C@H]1CCCO1. The lowest BCUT2D eigenvalue weighted by Gasteiger charge is -2.27. The normalized spacial score (nSPS) is 27.9. The molecule has 2 saturated heterocycles. The van der Waals surface area contributed by atoms with Gasteiger partial charge in [0, 0.05) is 31.8 Å². The van der Waals surface area contributed by atoms with Crippen molar-refractivity contribution in [1.29, 1.82) is 0 Å². The number of nitrogens with zero attached hydrogens (tertiary/aromatic N) is 1. The van der Waals surface area contributed by atoms with Gasteiger partial charge in [-0.2, -0.15) is 0 Å². The maximum absolute atomic E-state index is 12.1. The molecule has 0 aliphatic carbocycles. The van der Waals surface area contributed by atoms with Crippen LogP contribution in [0, 0.1) is 0 Å². The van der Waals surface area contributed by atoms with E-state index < -0.39 is 5.60 Å². The van der Waals surface area contributed by atoms with Gasteiger partial charge in [0.25, 0.3) is 0 Å². The van der Waals surface area contributed by atoms with Crippen molar-refractivity contribution in [1.82, 2.24) is 10.2 Å². The second-order valence-electron chi connectivity index (χ2n) is 7.14. The largest absolute Gasteiger partial charge is 0.444 e. The van der Waals surface area contributed by atoms with Gasteiger partial charge in [0.2, 0.25) is 0 Å². The summed E-state index contributed by atoms with van der Waals surface area (Å²) >= 11 is 0. The van der Waals surface area contributed by atoms with Crippen molar-refractivity contribution >= 4 is 6.09 Å². The highest BCUT2D eigenvalue weighted by molar-refractivity contribution is 5.68. The molecule has 5 nitrogen and oxygen atoms in total. The zero-order valence-electron chi connectivity index (χ0n) is 13.9. The van der Waals surface area contributed by atoms with E-state index in [1.807, 2.05) is 25.7 Å². The number of rotatable bonds is 4. The first kappa shape index (κ1) is 16.6. The van der Waals surface area contributed by atoms with E-state index in [-0.39, 0.29) is 6.09 Å². The first-order valence-electron chi connectivity index (χ1n) is 8.24. The average Bonchev–Trinajstić information content (AvgIpc) is 3.05. The summed E-state index contributed by atoms with van der Waals surface area (Å²) in [5.41, 5.74) is -0.424. The minimum Gasteiger partial charge on any atom is -0.444 e. The van der Waals surface area contributed by atoms with Gasteiger partial charge in [0.15, 0.2) is 0 Å². The second kappa shape index (κ2) is 6.97. The molecule has 2 rings (SSSR count). The predicted molar refractivity (Wildman–Crippen MR) is 82.4 cm³/mol. The Morgan fingerprint density at radius 3 is 2.76 bits per heavy atom. The lowest BCUT2D eigenvalue weighted by Crippen LogP contribution is -2.46. The molecule has 0 saturated carbocycles. The summed E-state index contributed by atoms with van der Waals surface area (Å²) in [6.07, 6.45) is 4.50. The van der Waals surface area contributed by atoms with Gasteiger partial charge < -0.3 is 19.7 Å².